The lowest BCUT2D eigenvalue weighted by Gasteiger charge is -2.31. The van der Waals surface area contributed by atoms with E-state index in [1.54, 1.807) is 18.3 Å². The molecule has 2 heterocycles. The number of piperazine rings is 1. The fraction of sp³-hybridized carbons (Fsp3) is 0.500. The molecule has 0 radical (unpaired) electrons. The lowest BCUT2D eigenvalue weighted by molar-refractivity contribution is -0.816. The summed E-state index contributed by atoms with van der Waals surface area (Å²) in [5.41, 5.74) is 0.622. The van der Waals surface area contributed by atoms with Gasteiger partial charge in [-0.15, -0.1) is 0 Å². The minimum Gasteiger partial charge on any atom is -0.360 e. The van der Waals surface area contributed by atoms with E-state index >= 15 is 0 Å². The molecule has 1 aliphatic heterocycles. The molecule has 1 aliphatic rings. The number of hydrogen-bond acceptors (Lipinski definition) is 4. The normalized spacial score (nSPS) is 18.5. The number of hydroxylamine groups is 1. The van der Waals surface area contributed by atoms with Crippen molar-refractivity contribution < 1.29 is 18.4 Å². The number of fused-ring (bicyclic) bond motifs is 1. The van der Waals surface area contributed by atoms with Crippen LogP contribution in [0.4, 0.5) is 0 Å². The Morgan fingerprint density at radius 1 is 1.15 bits per heavy atom. The first-order valence-electron chi connectivity index (χ1n) is 8.72. The molecule has 8 heteroatoms. The maximum Gasteiger partial charge on any atom is 0.244 e. The monoisotopic (exact) mass is 379 g/mol. The Bertz CT molecular complexity index is 933. The quantitative estimate of drug-likeness (QED) is 0.368. The SMILES string of the molecule is CN1CCN(S(=O)(=O)c2ccc3cc[nH]c3c2/C=[N+](\O)C(C)(C)C)CC1. The summed E-state index contributed by atoms with van der Waals surface area (Å²) in [5.74, 6) is 0. The zero-order valence-electron chi connectivity index (χ0n) is 15.7. The number of H-pyrrole nitrogens is 1. The van der Waals surface area contributed by atoms with E-state index in [1.807, 2.05) is 33.9 Å². The lowest BCUT2D eigenvalue weighted by Crippen LogP contribution is -2.47. The molecule has 2 aromatic rings. The number of likely N-dealkylation sites (N-methyl/N-ethyl adjacent to an activating group) is 1. The van der Waals surface area contributed by atoms with Crippen LogP contribution < -0.4 is 0 Å². The zero-order chi connectivity index (χ0) is 19.1. The molecular formula is C18H27N4O3S+. The number of hydrogen-bond donors (Lipinski definition) is 2. The van der Waals surface area contributed by atoms with Crippen LogP contribution in [-0.4, -0.2) is 77.5 Å². The molecule has 1 aromatic carbocycles. The van der Waals surface area contributed by atoms with Gasteiger partial charge in [0, 0.05) is 58.5 Å². The molecule has 1 fully saturated rings. The van der Waals surface area contributed by atoms with Gasteiger partial charge >= 0.3 is 0 Å². The minimum absolute atomic E-state index is 0.209. The molecule has 26 heavy (non-hydrogen) atoms. The van der Waals surface area contributed by atoms with Crippen molar-refractivity contribution in [3.05, 3.63) is 30.0 Å². The van der Waals surface area contributed by atoms with Gasteiger partial charge in [-0.2, -0.15) is 4.31 Å². The van der Waals surface area contributed by atoms with E-state index in [0.717, 1.165) is 10.1 Å². The molecule has 142 valence electrons. The van der Waals surface area contributed by atoms with E-state index in [2.05, 4.69) is 9.88 Å². The Kier molecular flexibility index (Phi) is 4.85. The van der Waals surface area contributed by atoms with Crippen LogP contribution in [0.1, 0.15) is 26.3 Å². The largest absolute Gasteiger partial charge is 0.360 e. The Hall–Kier alpha value is -1.90. The molecule has 0 bridgehead atoms. The highest BCUT2D eigenvalue weighted by Gasteiger charge is 2.32. The third-order valence-electron chi connectivity index (χ3n) is 4.75. The lowest BCUT2D eigenvalue weighted by atomic mass is 10.1. The van der Waals surface area contributed by atoms with Crippen molar-refractivity contribution in [1.82, 2.24) is 14.2 Å². The van der Waals surface area contributed by atoms with Crippen molar-refractivity contribution in [3.63, 3.8) is 0 Å². The van der Waals surface area contributed by atoms with Crippen LogP contribution in [0.2, 0.25) is 0 Å². The summed E-state index contributed by atoms with van der Waals surface area (Å²) in [6, 6.07) is 5.31. The van der Waals surface area contributed by atoms with Crippen molar-refractivity contribution in [2.75, 3.05) is 33.2 Å². The van der Waals surface area contributed by atoms with E-state index in [4.69, 9.17) is 0 Å². The molecule has 1 aromatic heterocycles. The molecule has 0 aliphatic carbocycles. The van der Waals surface area contributed by atoms with Crippen LogP contribution in [0.15, 0.2) is 29.3 Å². The Balaban J connectivity index is 2.15. The summed E-state index contributed by atoms with van der Waals surface area (Å²) < 4.78 is 29.2. The summed E-state index contributed by atoms with van der Waals surface area (Å²) in [4.78, 5) is 5.43. The van der Waals surface area contributed by atoms with Crippen LogP contribution in [0, 0.1) is 0 Å². The van der Waals surface area contributed by atoms with Gasteiger partial charge < -0.3 is 9.88 Å². The van der Waals surface area contributed by atoms with Crippen molar-refractivity contribution in [3.8, 4) is 0 Å². The van der Waals surface area contributed by atoms with Crippen LogP contribution >= 0.6 is 0 Å². The van der Waals surface area contributed by atoms with E-state index in [-0.39, 0.29) is 4.90 Å². The number of aromatic amines is 1. The molecule has 0 atom stereocenters. The highest BCUT2D eigenvalue weighted by molar-refractivity contribution is 7.89. The van der Waals surface area contributed by atoms with Crippen LogP contribution in [0.3, 0.4) is 0 Å². The second-order valence-corrected chi connectivity index (χ2v) is 9.68. The molecule has 0 amide bonds. The van der Waals surface area contributed by atoms with Gasteiger partial charge in [-0.3, -0.25) is 5.21 Å². The predicted octanol–water partition coefficient (Wildman–Crippen LogP) is 1.72. The average Bonchev–Trinajstić information content (AvgIpc) is 3.03. The average molecular weight is 380 g/mol. The zero-order valence-corrected chi connectivity index (χ0v) is 16.5. The molecular weight excluding hydrogens is 352 g/mol. The molecule has 2 N–H and O–H groups in total. The second-order valence-electron chi connectivity index (χ2n) is 7.77. The standard InChI is InChI=1S/C18H26N4O3S/c1-18(2,3)22(23)13-15-16(6-5-14-7-8-19-17(14)15)26(24,25)21-11-9-20(4)10-12-21/h5-8,13,23H,9-12H2,1-4H3/p+1. The highest BCUT2D eigenvalue weighted by Crippen LogP contribution is 2.27. The third-order valence-corrected chi connectivity index (χ3v) is 6.70. The minimum atomic E-state index is -3.66. The Morgan fingerprint density at radius 2 is 1.81 bits per heavy atom. The van der Waals surface area contributed by atoms with Gasteiger partial charge in [0.1, 0.15) is 0 Å². The number of nitrogens with one attached hydrogen (secondary N) is 1. The second kappa shape index (κ2) is 6.68. The van der Waals surface area contributed by atoms with E-state index in [1.165, 1.54) is 10.5 Å². The fourth-order valence-corrected chi connectivity index (χ4v) is 4.56. The van der Waals surface area contributed by atoms with Crippen molar-refractivity contribution in [2.45, 2.75) is 31.2 Å². The van der Waals surface area contributed by atoms with Gasteiger partial charge in [0.25, 0.3) is 0 Å². The molecule has 0 unspecified atom stereocenters. The predicted molar refractivity (Wildman–Crippen MR) is 102 cm³/mol. The van der Waals surface area contributed by atoms with Gasteiger partial charge in [0.2, 0.25) is 21.8 Å². The van der Waals surface area contributed by atoms with Gasteiger partial charge in [-0.1, -0.05) is 6.07 Å². The number of aromatic nitrogens is 1. The van der Waals surface area contributed by atoms with Crippen LogP contribution in [0.25, 0.3) is 10.9 Å². The van der Waals surface area contributed by atoms with E-state index < -0.39 is 15.6 Å². The van der Waals surface area contributed by atoms with E-state index in [0.29, 0.717) is 37.3 Å². The fourth-order valence-electron chi connectivity index (χ4n) is 2.97. The van der Waals surface area contributed by atoms with Crippen molar-refractivity contribution in [1.29, 1.82) is 0 Å². The highest BCUT2D eigenvalue weighted by atomic mass is 32.2. The van der Waals surface area contributed by atoms with Crippen LogP contribution in [-0.2, 0) is 10.0 Å². The molecule has 3 rings (SSSR count). The summed E-state index contributed by atoms with van der Waals surface area (Å²) in [7, 11) is -1.67. The molecule has 1 saturated heterocycles. The van der Waals surface area contributed by atoms with Crippen molar-refractivity contribution in [2.24, 2.45) is 0 Å². The smallest absolute Gasteiger partial charge is 0.244 e. The van der Waals surface area contributed by atoms with Gasteiger partial charge in [-0.25, -0.2) is 8.42 Å². The van der Waals surface area contributed by atoms with Crippen molar-refractivity contribution >= 4 is 27.1 Å². The topological polar surface area (TPSA) is 79.7 Å². The van der Waals surface area contributed by atoms with Gasteiger partial charge in [0.15, 0.2) is 0 Å². The Morgan fingerprint density at radius 3 is 2.42 bits per heavy atom. The summed E-state index contributed by atoms with van der Waals surface area (Å²) in [6.07, 6.45) is 3.27. The number of sulfonamides is 1. The molecule has 0 saturated carbocycles. The molecule has 0 spiro atoms. The van der Waals surface area contributed by atoms with Gasteiger partial charge in [0.05, 0.1) is 16.0 Å². The summed E-state index contributed by atoms with van der Waals surface area (Å²) in [6.45, 7) is 7.90. The van der Waals surface area contributed by atoms with Gasteiger partial charge in [-0.05, 0) is 23.9 Å². The summed E-state index contributed by atoms with van der Waals surface area (Å²) >= 11 is 0. The third kappa shape index (κ3) is 3.49. The molecule has 7 nitrogen and oxygen atoms in total. The summed E-state index contributed by atoms with van der Waals surface area (Å²) in [5, 5.41) is 11.3. The van der Waals surface area contributed by atoms with E-state index in [9.17, 15) is 13.6 Å². The first kappa shape index (κ1) is 18.9. The first-order valence-corrected chi connectivity index (χ1v) is 10.2. The maximum absolute atomic E-state index is 13.3. The number of benzene rings is 1. The maximum atomic E-state index is 13.3. The number of nitrogens with zero attached hydrogens (tertiary/aromatic N) is 3. The Labute approximate surface area is 154 Å². The first-order chi connectivity index (χ1) is 12.1. The number of rotatable bonds is 3. The van der Waals surface area contributed by atoms with Crippen LogP contribution in [0.5, 0.6) is 0 Å².